The number of anilines is 1. The fraction of sp³-hybridized carbons (Fsp3) is 0.294. The van der Waals surface area contributed by atoms with Crippen LogP contribution in [0.4, 0.5) is 5.69 Å². The summed E-state index contributed by atoms with van der Waals surface area (Å²) in [5, 5.41) is 9.86. The van der Waals surface area contributed by atoms with Gasteiger partial charge in [-0.3, -0.25) is 4.79 Å². The number of nitriles is 1. The molecule has 0 N–H and O–H groups in total. The molecule has 1 unspecified atom stereocenters. The van der Waals surface area contributed by atoms with Crippen LogP contribution in [0.1, 0.15) is 16.1 Å². The molecular weight excluding hydrogens is 309 g/mol. The van der Waals surface area contributed by atoms with E-state index in [9.17, 15) is 4.79 Å². The highest BCUT2D eigenvalue weighted by molar-refractivity contribution is 7.15. The van der Waals surface area contributed by atoms with Gasteiger partial charge in [0.1, 0.15) is 6.07 Å². The van der Waals surface area contributed by atoms with Gasteiger partial charge in [-0.1, -0.05) is 6.58 Å². The average molecular weight is 327 g/mol. The fourth-order valence-corrected chi connectivity index (χ4v) is 3.32. The predicted octanol–water partition coefficient (Wildman–Crippen LogP) is 2.69. The van der Waals surface area contributed by atoms with Crippen molar-refractivity contribution >= 4 is 31.8 Å². The molecule has 0 radical (unpaired) electrons. The minimum absolute atomic E-state index is 0.0540. The summed E-state index contributed by atoms with van der Waals surface area (Å²) >= 11 is 0. The smallest absolute Gasteiger partial charge is 0.219 e. The fourth-order valence-electron chi connectivity index (χ4n) is 2.90. The minimum atomic E-state index is -0.343. The number of Topliss-reactive ketones (excluding diaryl/α,β-unsaturated/α-hetero) is 1. The van der Waals surface area contributed by atoms with Crippen LogP contribution < -0.4 is 4.90 Å². The van der Waals surface area contributed by atoms with Gasteiger partial charge in [-0.15, -0.1) is 0 Å². The van der Waals surface area contributed by atoms with E-state index < -0.39 is 0 Å². The molecule has 1 saturated heterocycles. The quantitative estimate of drug-likeness (QED) is 0.376. The lowest BCUT2D eigenvalue weighted by atomic mass is 10.1. The molecule has 1 fully saturated rings. The Kier molecular flexibility index (Phi) is 4.21. The second kappa shape index (κ2) is 6.16. The number of fused-ring (bicyclic) bond motifs is 1. The number of carbonyl (C=O) groups is 1. The van der Waals surface area contributed by atoms with Crippen LogP contribution in [0, 0.1) is 18.3 Å². The number of nitrogens with zero attached hydrogens (tertiary/aromatic N) is 3. The Morgan fingerprint density at radius 3 is 2.70 bits per heavy atom. The zero-order chi connectivity index (χ0) is 16.6. The van der Waals surface area contributed by atoms with Crippen molar-refractivity contribution in [2.24, 2.45) is 0 Å². The summed E-state index contributed by atoms with van der Waals surface area (Å²) in [4.78, 5) is 14.6. The molecule has 0 bridgehead atoms. The van der Waals surface area contributed by atoms with Crippen molar-refractivity contribution in [3.8, 4) is 6.07 Å². The van der Waals surface area contributed by atoms with E-state index in [0.717, 1.165) is 48.5 Å². The van der Waals surface area contributed by atoms with E-state index in [1.54, 1.807) is 4.34 Å². The van der Waals surface area contributed by atoms with Gasteiger partial charge in [-0.2, -0.15) is 5.26 Å². The van der Waals surface area contributed by atoms with Crippen molar-refractivity contribution in [1.29, 1.82) is 5.26 Å². The molecule has 0 amide bonds. The maximum absolute atomic E-state index is 12.3. The highest BCUT2D eigenvalue weighted by Crippen LogP contribution is 2.31. The largest absolute Gasteiger partial charge is 0.378 e. The Morgan fingerprint density at radius 1 is 1.35 bits per heavy atom. The van der Waals surface area contributed by atoms with Crippen molar-refractivity contribution in [2.45, 2.75) is 6.92 Å². The zero-order valence-corrected chi connectivity index (χ0v) is 14.2. The molecule has 0 spiro atoms. The second-order valence-corrected chi connectivity index (χ2v) is 6.13. The first-order valence-corrected chi connectivity index (χ1v) is 7.92. The van der Waals surface area contributed by atoms with Crippen LogP contribution >= 0.6 is 9.39 Å². The molecule has 3 rings (SSSR count). The van der Waals surface area contributed by atoms with Crippen LogP contribution in [0.3, 0.4) is 0 Å². The van der Waals surface area contributed by atoms with Gasteiger partial charge in [-0.05, 0) is 40.1 Å². The monoisotopic (exact) mass is 327 g/mol. The molecule has 1 aromatic carbocycles. The maximum Gasteiger partial charge on any atom is 0.219 e. The zero-order valence-electron chi connectivity index (χ0n) is 13.0. The van der Waals surface area contributed by atoms with Crippen LogP contribution in [0.15, 0.2) is 30.4 Å². The van der Waals surface area contributed by atoms with Gasteiger partial charge in [0.05, 0.1) is 30.0 Å². The molecular formula is C17H18N3O2P. The molecule has 2 aromatic rings. The third-order valence-corrected chi connectivity index (χ3v) is 4.71. The number of benzene rings is 1. The standard InChI is InChI=1S/C17H18N3O2P/c1-11-7-13-8-16(17(21)12(2)10-18)20(23)15(13)9-14(11)19-3-5-22-6-4-19/h7-9H,2-6,23H2,1H3. The summed E-state index contributed by atoms with van der Waals surface area (Å²) in [6, 6.07) is 7.80. The number of hydrogen-bond donors (Lipinski definition) is 0. The summed E-state index contributed by atoms with van der Waals surface area (Å²) < 4.78 is 7.16. The molecule has 0 aliphatic carbocycles. The number of aryl methyl sites for hydroxylation is 1. The number of aromatic nitrogens is 1. The number of rotatable bonds is 3. The Labute approximate surface area is 137 Å². The lowest BCUT2D eigenvalue weighted by Gasteiger charge is -2.30. The van der Waals surface area contributed by atoms with Gasteiger partial charge in [-0.25, -0.2) is 0 Å². The first-order valence-electron chi connectivity index (χ1n) is 7.40. The Hall–Kier alpha value is -2.15. The van der Waals surface area contributed by atoms with Gasteiger partial charge in [0, 0.05) is 24.2 Å². The van der Waals surface area contributed by atoms with Gasteiger partial charge < -0.3 is 14.0 Å². The van der Waals surface area contributed by atoms with Gasteiger partial charge in [0.2, 0.25) is 5.78 Å². The lowest BCUT2D eigenvalue weighted by Crippen LogP contribution is -2.36. The van der Waals surface area contributed by atoms with Crippen molar-refractivity contribution in [2.75, 3.05) is 31.2 Å². The topological polar surface area (TPSA) is 58.3 Å². The lowest BCUT2D eigenvalue weighted by molar-refractivity contribution is 0.103. The van der Waals surface area contributed by atoms with E-state index >= 15 is 0 Å². The molecule has 23 heavy (non-hydrogen) atoms. The van der Waals surface area contributed by atoms with E-state index in [2.05, 4.69) is 39.9 Å². The van der Waals surface area contributed by atoms with E-state index in [1.165, 1.54) is 0 Å². The number of allylic oxidation sites excluding steroid dienone is 1. The first-order chi connectivity index (χ1) is 11.0. The molecule has 1 atom stereocenters. The van der Waals surface area contributed by atoms with Gasteiger partial charge >= 0.3 is 0 Å². The van der Waals surface area contributed by atoms with Crippen molar-refractivity contribution in [3.05, 3.63) is 41.6 Å². The molecule has 1 aliphatic rings. The van der Waals surface area contributed by atoms with Crippen LogP contribution in [-0.2, 0) is 4.74 Å². The van der Waals surface area contributed by atoms with Crippen LogP contribution in [0.2, 0.25) is 0 Å². The number of morpholine rings is 1. The molecule has 6 heteroatoms. The van der Waals surface area contributed by atoms with Crippen molar-refractivity contribution in [3.63, 3.8) is 0 Å². The molecule has 5 nitrogen and oxygen atoms in total. The Bertz CT molecular complexity index is 842. The number of carbonyl (C=O) groups excluding carboxylic acids is 1. The third kappa shape index (κ3) is 2.76. The van der Waals surface area contributed by atoms with Crippen LogP contribution in [-0.4, -0.2) is 36.4 Å². The Balaban J connectivity index is 2.09. The summed E-state index contributed by atoms with van der Waals surface area (Å²) in [5.74, 6) is -0.343. The summed E-state index contributed by atoms with van der Waals surface area (Å²) in [7, 11) is 2.55. The van der Waals surface area contributed by atoms with E-state index in [4.69, 9.17) is 10.00 Å². The molecule has 1 aromatic heterocycles. The average Bonchev–Trinajstić information content (AvgIpc) is 2.89. The predicted molar refractivity (Wildman–Crippen MR) is 93.9 cm³/mol. The minimum Gasteiger partial charge on any atom is -0.378 e. The normalized spacial score (nSPS) is 14.7. The van der Waals surface area contributed by atoms with Crippen molar-refractivity contribution < 1.29 is 9.53 Å². The second-order valence-electron chi connectivity index (χ2n) is 5.62. The van der Waals surface area contributed by atoms with Crippen LogP contribution in [0.25, 0.3) is 10.9 Å². The van der Waals surface area contributed by atoms with Gasteiger partial charge in [0.15, 0.2) is 0 Å². The molecule has 2 heterocycles. The van der Waals surface area contributed by atoms with Crippen LogP contribution in [0.5, 0.6) is 0 Å². The van der Waals surface area contributed by atoms with Gasteiger partial charge in [0.25, 0.3) is 0 Å². The molecule has 1 aliphatic heterocycles. The van der Waals surface area contributed by atoms with E-state index in [-0.39, 0.29) is 11.4 Å². The number of ether oxygens (including phenoxy) is 1. The number of hydrogen-bond acceptors (Lipinski definition) is 4. The molecule has 0 saturated carbocycles. The highest BCUT2D eigenvalue weighted by Gasteiger charge is 2.19. The first kappa shape index (κ1) is 15.7. The SMILES string of the molecule is C=C(C#N)C(=O)c1cc2cc(C)c(N3CCOCC3)cc2n1P. The highest BCUT2D eigenvalue weighted by atomic mass is 31.0. The Morgan fingerprint density at radius 2 is 2.04 bits per heavy atom. The third-order valence-electron chi connectivity index (χ3n) is 4.15. The summed E-state index contributed by atoms with van der Waals surface area (Å²) in [6.07, 6.45) is 0. The number of ketones is 1. The maximum atomic E-state index is 12.3. The summed E-state index contributed by atoms with van der Waals surface area (Å²) in [6.45, 7) is 8.76. The molecule has 118 valence electrons. The van der Waals surface area contributed by atoms with E-state index in [1.807, 2.05) is 12.1 Å². The van der Waals surface area contributed by atoms with E-state index in [0.29, 0.717) is 5.69 Å². The van der Waals surface area contributed by atoms with Crippen molar-refractivity contribution in [1.82, 2.24) is 4.34 Å². The summed E-state index contributed by atoms with van der Waals surface area (Å²) in [5.41, 5.74) is 3.65.